The Labute approximate surface area is 149 Å². The van der Waals surface area contributed by atoms with E-state index >= 15 is 0 Å². The highest BCUT2D eigenvalue weighted by Crippen LogP contribution is 2.26. The molecule has 0 spiro atoms. The first-order valence-electron chi connectivity index (χ1n) is 9.33. The van der Waals surface area contributed by atoms with Crippen LogP contribution in [0.1, 0.15) is 42.4 Å². The van der Waals surface area contributed by atoms with Gasteiger partial charge in [-0.15, -0.1) is 0 Å². The molecule has 1 aromatic heterocycles. The van der Waals surface area contributed by atoms with Crippen molar-refractivity contribution in [3.05, 3.63) is 53.6 Å². The third-order valence-electron chi connectivity index (χ3n) is 5.33. The summed E-state index contributed by atoms with van der Waals surface area (Å²) in [4.78, 5) is 20.0. The number of nitrogens with one attached hydrogen (secondary N) is 1. The van der Waals surface area contributed by atoms with Crippen LogP contribution in [0.15, 0.2) is 36.5 Å². The highest BCUT2D eigenvalue weighted by atomic mass is 16.2. The van der Waals surface area contributed by atoms with Gasteiger partial charge in [-0.1, -0.05) is 30.3 Å². The lowest BCUT2D eigenvalue weighted by atomic mass is 10.0. The maximum Gasteiger partial charge on any atom is 0.242 e. The van der Waals surface area contributed by atoms with E-state index in [2.05, 4.69) is 38.1 Å². The van der Waals surface area contributed by atoms with Gasteiger partial charge in [-0.2, -0.15) is 0 Å². The van der Waals surface area contributed by atoms with Crippen molar-refractivity contribution in [2.45, 2.75) is 51.2 Å². The van der Waals surface area contributed by atoms with Crippen molar-refractivity contribution in [2.24, 2.45) is 0 Å². The van der Waals surface area contributed by atoms with Crippen molar-refractivity contribution < 1.29 is 4.79 Å². The highest BCUT2D eigenvalue weighted by molar-refractivity contribution is 5.83. The molecule has 2 atom stereocenters. The number of likely N-dealkylation sites (tertiary alicyclic amines) is 1. The maximum absolute atomic E-state index is 13.1. The third-order valence-corrected chi connectivity index (χ3v) is 5.33. The molecule has 1 saturated heterocycles. The molecule has 5 nitrogen and oxygen atoms in total. The molecule has 3 heterocycles. The lowest BCUT2D eigenvalue weighted by Crippen LogP contribution is -2.46. The van der Waals surface area contributed by atoms with Gasteiger partial charge >= 0.3 is 0 Å². The summed E-state index contributed by atoms with van der Waals surface area (Å²) in [5, 5.41) is 3.32. The molecule has 0 unspecified atom stereocenters. The molecule has 1 N–H and O–H groups in total. The number of aromatic nitrogens is 2. The predicted octanol–water partition coefficient (Wildman–Crippen LogP) is 2.46. The zero-order valence-corrected chi connectivity index (χ0v) is 14.8. The molecule has 2 aromatic rings. The second kappa shape index (κ2) is 7.00. The smallest absolute Gasteiger partial charge is 0.242 e. The highest BCUT2D eigenvalue weighted by Gasteiger charge is 2.31. The van der Waals surface area contributed by atoms with Gasteiger partial charge in [-0.3, -0.25) is 9.69 Å². The molecule has 132 valence electrons. The molecular formula is C20H26N4O. The maximum atomic E-state index is 13.1. The van der Waals surface area contributed by atoms with Crippen molar-refractivity contribution in [3.8, 4) is 0 Å². The van der Waals surface area contributed by atoms with Gasteiger partial charge in [0.1, 0.15) is 11.9 Å². The minimum atomic E-state index is -0.172. The molecule has 2 aliphatic rings. The van der Waals surface area contributed by atoms with Gasteiger partial charge in [0, 0.05) is 25.2 Å². The number of nitrogens with zero attached hydrogens (tertiary/aromatic N) is 3. The molecule has 1 aromatic carbocycles. The first-order valence-corrected chi connectivity index (χ1v) is 9.33. The molecule has 0 saturated carbocycles. The van der Waals surface area contributed by atoms with Crippen LogP contribution in [0.4, 0.5) is 0 Å². The molecule has 5 heteroatoms. The summed E-state index contributed by atoms with van der Waals surface area (Å²) in [6.45, 7) is 4.85. The van der Waals surface area contributed by atoms with Crippen molar-refractivity contribution in [1.29, 1.82) is 0 Å². The van der Waals surface area contributed by atoms with Crippen molar-refractivity contribution in [1.82, 2.24) is 19.8 Å². The Kier molecular flexibility index (Phi) is 4.57. The largest absolute Gasteiger partial charge is 0.350 e. The number of benzene rings is 1. The fourth-order valence-corrected chi connectivity index (χ4v) is 4.15. The van der Waals surface area contributed by atoms with Gasteiger partial charge in [0.05, 0.1) is 5.69 Å². The Hall–Kier alpha value is -2.14. The lowest BCUT2D eigenvalue weighted by Gasteiger charge is -2.31. The Morgan fingerprint density at radius 2 is 2.00 bits per heavy atom. The molecule has 4 rings (SSSR count). The average molecular weight is 338 g/mol. The molecule has 0 aliphatic carbocycles. The van der Waals surface area contributed by atoms with E-state index in [0.29, 0.717) is 0 Å². The zero-order valence-electron chi connectivity index (χ0n) is 14.8. The summed E-state index contributed by atoms with van der Waals surface area (Å²) in [5.74, 6) is 1.28. The van der Waals surface area contributed by atoms with Crippen molar-refractivity contribution >= 4 is 5.91 Å². The van der Waals surface area contributed by atoms with E-state index in [4.69, 9.17) is 0 Å². The predicted molar refractivity (Wildman–Crippen MR) is 97.2 cm³/mol. The van der Waals surface area contributed by atoms with E-state index in [1.165, 1.54) is 12.8 Å². The van der Waals surface area contributed by atoms with Gasteiger partial charge in [0.2, 0.25) is 5.91 Å². The van der Waals surface area contributed by atoms with E-state index < -0.39 is 0 Å². The average Bonchev–Trinajstić information content (AvgIpc) is 3.24. The number of rotatable bonds is 4. The third kappa shape index (κ3) is 3.47. The summed E-state index contributed by atoms with van der Waals surface area (Å²) in [6.07, 6.45) is 6.33. The number of aryl methyl sites for hydroxylation is 2. The molecule has 2 aliphatic heterocycles. The standard InChI is InChI=1S/C20H26N4O/c1-15-13-24-14-17(9-10-18(24)21-15)22-20(25)19(23-11-5-6-12-23)16-7-3-2-4-8-16/h2-4,7-8,13,17,19H,5-6,9-12,14H2,1H3,(H,22,25)/t17-,19+/m0/s1. The quantitative estimate of drug-likeness (QED) is 0.932. The van der Waals surface area contributed by atoms with Gasteiger partial charge in [0.25, 0.3) is 0 Å². The minimum absolute atomic E-state index is 0.137. The van der Waals surface area contributed by atoms with E-state index in [-0.39, 0.29) is 18.0 Å². The van der Waals surface area contributed by atoms with E-state index in [9.17, 15) is 4.79 Å². The van der Waals surface area contributed by atoms with Gasteiger partial charge < -0.3 is 9.88 Å². The summed E-state index contributed by atoms with van der Waals surface area (Å²) >= 11 is 0. The SMILES string of the molecule is Cc1cn2c(n1)CC[C@H](NC(=O)[C@@H](c1ccccc1)N1CCCC1)C2. The zero-order chi connectivity index (χ0) is 17.2. The van der Waals surface area contributed by atoms with Gasteiger partial charge in [0.15, 0.2) is 0 Å². The van der Waals surface area contributed by atoms with Crippen LogP contribution in [0.25, 0.3) is 0 Å². The van der Waals surface area contributed by atoms with Crippen LogP contribution in [-0.2, 0) is 17.8 Å². The lowest BCUT2D eigenvalue weighted by molar-refractivity contribution is -0.127. The van der Waals surface area contributed by atoms with Crippen LogP contribution in [-0.4, -0.2) is 39.5 Å². The molecule has 25 heavy (non-hydrogen) atoms. The molecule has 0 radical (unpaired) electrons. The minimum Gasteiger partial charge on any atom is -0.350 e. The molecule has 0 bridgehead atoms. The van der Waals surface area contributed by atoms with Crippen molar-refractivity contribution in [3.63, 3.8) is 0 Å². The summed E-state index contributed by atoms with van der Waals surface area (Å²) in [5.41, 5.74) is 2.15. The van der Waals surface area contributed by atoms with Gasteiger partial charge in [-0.25, -0.2) is 4.98 Å². The Bertz CT molecular complexity index is 733. The van der Waals surface area contributed by atoms with Crippen LogP contribution < -0.4 is 5.32 Å². The second-order valence-electron chi connectivity index (χ2n) is 7.25. The number of carbonyl (C=O) groups excluding carboxylic acids is 1. The number of carbonyl (C=O) groups is 1. The monoisotopic (exact) mass is 338 g/mol. The Balaban J connectivity index is 1.49. The molecule has 1 fully saturated rings. The van der Waals surface area contributed by atoms with Crippen LogP contribution in [0.3, 0.4) is 0 Å². The fourth-order valence-electron chi connectivity index (χ4n) is 4.15. The van der Waals surface area contributed by atoms with Crippen LogP contribution in [0, 0.1) is 6.92 Å². The summed E-state index contributed by atoms with van der Waals surface area (Å²) in [6, 6.07) is 10.2. The number of fused-ring (bicyclic) bond motifs is 1. The fraction of sp³-hybridized carbons (Fsp3) is 0.500. The number of hydrogen-bond acceptors (Lipinski definition) is 3. The van der Waals surface area contributed by atoms with Crippen molar-refractivity contribution in [2.75, 3.05) is 13.1 Å². The molecule has 1 amide bonds. The first-order chi connectivity index (χ1) is 12.2. The summed E-state index contributed by atoms with van der Waals surface area (Å²) < 4.78 is 2.19. The van der Waals surface area contributed by atoms with E-state index in [1.807, 2.05) is 25.1 Å². The van der Waals surface area contributed by atoms with Gasteiger partial charge in [-0.05, 0) is 44.8 Å². The Morgan fingerprint density at radius 1 is 1.24 bits per heavy atom. The van der Waals surface area contributed by atoms with E-state index in [1.54, 1.807) is 0 Å². The molecular weight excluding hydrogens is 312 g/mol. The Morgan fingerprint density at radius 3 is 2.76 bits per heavy atom. The van der Waals surface area contributed by atoms with Crippen LogP contribution >= 0.6 is 0 Å². The van der Waals surface area contributed by atoms with Crippen LogP contribution in [0.5, 0.6) is 0 Å². The number of hydrogen-bond donors (Lipinski definition) is 1. The summed E-state index contributed by atoms with van der Waals surface area (Å²) in [7, 11) is 0. The normalized spacial score (nSPS) is 21.7. The second-order valence-corrected chi connectivity index (χ2v) is 7.25. The topological polar surface area (TPSA) is 50.2 Å². The number of imidazole rings is 1. The van der Waals surface area contributed by atoms with Crippen LogP contribution in [0.2, 0.25) is 0 Å². The number of amides is 1. The van der Waals surface area contributed by atoms with E-state index in [0.717, 1.165) is 49.6 Å². The first kappa shape index (κ1) is 16.3.